The monoisotopic (exact) mass is 381 g/mol. The number of para-hydroxylation sites is 2. The van der Waals surface area contributed by atoms with Crippen molar-refractivity contribution >= 4 is 21.8 Å². The van der Waals surface area contributed by atoms with E-state index < -0.39 is 0 Å². The molecule has 0 radical (unpaired) electrons. The summed E-state index contributed by atoms with van der Waals surface area (Å²) in [4.78, 5) is 33.7. The van der Waals surface area contributed by atoms with Gasteiger partial charge in [-0.05, 0) is 53.9 Å². The average Bonchev–Trinajstić information content (AvgIpc) is 2.74. The lowest BCUT2D eigenvalue weighted by Crippen LogP contribution is -2.24. The first-order valence-electron chi connectivity index (χ1n) is 9.05. The Morgan fingerprint density at radius 3 is 2.41 bits per heavy atom. The fourth-order valence-corrected chi connectivity index (χ4v) is 3.47. The summed E-state index contributed by atoms with van der Waals surface area (Å²) in [6.45, 7) is 0. The maximum absolute atomic E-state index is 13.3. The third-order valence-electron chi connectivity index (χ3n) is 4.88. The molecule has 0 aliphatic heterocycles. The van der Waals surface area contributed by atoms with Gasteiger partial charge in [-0.2, -0.15) is 0 Å². The van der Waals surface area contributed by atoms with Crippen LogP contribution in [-0.4, -0.2) is 19.6 Å². The van der Waals surface area contributed by atoms with E-state index in [9.17, 15) is 14.7 Å². The van der Waals surface area contributed by atoms with E-state index >= 15 is 0 Å². The molecule has 0 atom stereocenters. The van der Waals surface area contributed by atoms with E-state index in [4.69, 9.17) is 0 Å². The van der Waals surface area contributed by atoms with Gasteiger partial charge in [0, 0.05) is 5.52 Å². The summed E-state index contributed by atoms with van der Waals surface area (Å²) in [6, 6.07) is 22.4. The summed E-state index contributed by atoms with van der Waals surface area (Å²) in [5, 5.41) is 10.9. The highest BCUT2D eigenvalue weighted by molar-refractivity contribution is 5.84. The van der Waals surface area contributed by atoms with Crippen molar-refractivity contribution < 1.29 is 5.11 Å². The second-order valence-electron chi connectivity index (χ2n) is 6.71. The third-order valence-corrected chi connectivity index (χ3v) is 4.88. The molecule has 6 heteroatoms. The number of nitrogens with zero attached hydrogens (tertiary/aromatic N) is 2. The first-order valence-corrected chi connectivity index (χ1v) is 9.05. The Balaban J connectivity index is 1.92. The zero-order valence-corrected chi connectivity index (χ0v) is 15.2. The van der Waals surface area contributed by atoms with Crippen LogP contribution in [0.3, 0.4) is 0 Å². The maximum Gasteiger partial charge on any atom is 0.266 e. The van der Waals surface area contributed by atoms with Gasteiger partial charge in [0.1, 0.15) is 5.75 Å². The van der Waals surface area contributed by atoms with Gasteiger partial charge in [0.15, 0.2) is 5.82 Å². The number of phenols is 1. The lowest BCUT2D eigenvalue weighted by molar-refractivity contribution is 0.475. The molecule has 0 bridgehead atoms. The normalized spacial score (nSPS) is 11.2. The van der Waals surface area contributed by atoms with Gasteiger partial charge in [0.25, 0.3) is 11.1 Å². The fraction of sp³-hybridized carbons (Fsp3) is 0. The third kappa shape index (κ3) is 2.78. The highest BCUT2D eigenvalue weighted by Crippen LogP contribution is 2.23. The minimum atomic E-state index is -0.335. The molecular weight excluding hydrogens is 366 g/mol. The first kappa shape index (κ1) is 16.9. The van der Waals surface area contributed by atoms with Crippen molar-refractivity contribution in [3.63, 3.8) is 0 Å². The standard InChI is InChI=1S/C23H15N3O3/c27-16-11-9-15(10-12-16)26-21(24-20-8-4-2-6-17(20)23(26)29)18-13-14-5-1-3-7-19(14)25-22(18)28/h1-13,27H,(H,25,28). The zero-order chi connectivity index (χ0) is 20.0. The molecule has 0 aliphatic carbocycles. The average molecular weight is 381 g/mol. The molecule has 2 N–H and O–H groups in total. The van der Waals surface area contributed by atoms with Crippen LogP contribution in [0.4, 0.5) is 0 Å². The minimum Gasteiger partial charge on any atom is -0.508 e. The predicted molar refractivity (Wildman–Crippen MR) is 113 cm³/mol. The fourth-order valence-electron chi connectivity index (χ4n) is 3.47. The Hall–Kier alpha value is -4.19. The largest absolute Gasteiger partial charge is 0.508 e. The SMILES string of the molecule is O=c1[nH]c2ccccc2cc1-c1nc2ccccc2c(=O)n1-c1ccc(O)cc1. The van der Waals surface area contributed by atoms with Crippen LogP contribution < -0.4 is 11.1 Å². The second-order valence-corrected chi connectivity index (χ2v) is 6.71. The van der Waals surface area contributed by atoms with Crippen molar-refractivity contribution in [3.8, 4) is 22.8 Å². The van der Waals surface area contributed by atoms with Crippen LogP contribution >= 0.6 is 0 Å². The number of aromatic hydroxyl groups is 1. The highest BCUT2D eigenvalue weighted by atomic mass is 16.3. The van der Waals surface area contributed by atoms with Crippen molar-refractivity contribution in [2.24, 2.45) is 0 Å². The smallest absolute Gasteiger partial charge is 0.266 e. The molecule has 2 heterocycles. The number of nitrogens with one attached hydrogen (secondary N) is 1. The number of hydrogen-bond acceptors (Lipinski definition) is 4. The van der Waals surface area contributed by atoms with Gasteiger partial charge >= 0.3 is 0 Å². The summed E-state index contributed by atoms with van der Waals surface area (Å²) in [5.41, 5.74) is 1.39. The molecule has 140 valence electrons. The van der Waals surface area contributed by atoms with Crippen LogP contribution in [0.25, 0.3) is 38.9 Å². The molecule has 0 fully saturated rings. The Bertz CT molecular complexity index is 1500. The van der Waals surface area contributed by atoms with Gasteiger partial charge in [-0.25, -0.2) is 4.98 Å². The summed E-state index contributed by atoms with van der Waals surface area (Å²) in [7, 11) is 0. The number of phenolic OH excluding ortho intramolecular Hbond substituents is 1. The summed E-state index contributed by atoms with van der Waals surface area (Å²) < 4.78 is 1.40. The second kappa shape index (κ2) is 6.45. The van der Waals surface area contributed by atoms with Gasteiger partial charge in [-0.15, -0.1) is 0 Å². The molecular formula is C23H15N3O3. The molecule has 5 aromatic rings. The van der Waals surface area contributed by atoms with Crippen molar-refractivity contribution in [2.45, 2.75) is 0 Å². The van der Waals surface area contributed by atoms with Crippen molar-refractivity contribution in [1.29, 1.82) is 0 Å². The topological polar surface area (TPSA) is 88.0 Å². The summed E-state index contributed by atoms with van der Waals surface area (Å²) in [5.74, 6) is 0.326. The molecule has 5 rings (SSSR count). The van der Waals surface area contributed by atoms with Gasteiger partial charge in [-0.3, -0.25) is 14.2 Å². The van der Waals surface area contributed by atoms with E-state index in [1.54, 1.807) is 42.5 Å². The molecule has 6 nitrogen and oxygen atoms in total. The zero-order valence-electron chi connectivity index (χ0n) is 15.2. The van der Waals surface area contributed by atoms with Crippen LogP contribution in [0, 0.1) is 0 Å². The Kier molecular flexibility index (Phi) is 3.77. The first-order chi connectivity index (χ1) is 14.1. The van der Waals surface area contributed by atoms with Crippen molar-refractivity contribution in [2.75, 3.05) is 0 Å². The number of benzene rings is 3. The highest BCUT2D eigenvalue weighted by Gasteiger charge is 2.17. The van der Waals surface area contributed by atoms with E-state index in [1.165, 1.54) is 16.7 Å². The summed E-state index contributed by atoms with van der Waals surface area (Å²) >= 11 is 0. The van der Waals surface area contributed by atoms with E-state index in [0.29, 0.717) is 27.7 Å². The van der Waals surface area contributed by atoms with E-state index in [1.807, 2.05) is 24.3 Å². The van der Waals surface area contributed by atoms with Crippen LogP contribution in [0.5, 0.6) is 5.75 Å². The Morgan fingerprint density at radius 2 is 1.59 bits per heavy atom. The maximum atomic E-state index is 13.3. The van der Waals surface area contributed by atoms with E-state index in [-0.39, 0.29) is 22.7 Å². The van der Waals surface area contributed by atoms with Gasteiger partial charge in [0.05, 0.1) is 22.2 Å². The number of hydrogen-bond donors (Lipinski definition) is 2. The number of pyridine rings is 1. The molecule has 0 saturated heterocycles. The lowest BCUT2D eigenvalue weighted by atomic mass is 10.1. The molecule has 0 amide bonds. The number of rotatable bonds is 2. The number of aromatic amines is 1. The molecule has 0 spiro atoms. The molecule has 29 heavy (non-hydrogen) atoms. The number of fused-ring (bicyclic) bond motifs is 2. The van der Waals surface area contributed by atoms with Crippen molar-refractivity contribution in [1.82, 2.24) is 14.5 Å². The molecule has 2 aromatic heterocycles. The minimum absolute atomic E-state index is 0.0839. The number of aromatic nitrogens is 3. The quantitative estimate of drug-likeness (QED) is 0.489. The predicted octanol–water partition coefficient (Wildman–Crippen LogP) is 3.60. The van der Waals surface area contributed by atoms with Gasteiger partial charge in [0.2, 0.25) is 0 Å². The molecule has 3 aromatic carbocycles. The van der Waals surface area contributed by atoms with Crippen molar-refractivity contribution in [3.05, 3.63) is 99.6 Å². The lowest BCUT2D eigenvalue weighted by Gasteiger charge is -2.14. The van der Waals surface area contributed by atoms with E-state index in [2.05, 4.69) is 9.97 Å². The Labute approximate surface area is 164 Å². The summed E-state index contributed by atoms with van der Waals surface area (Å²) in [6.07, 6.45) is 0. The Morgan fingerprint density at radius 1 is 0.862 bits per heavy atom. The van der Waals surface area contributed by atoms with Crippen LogP contribution in [0.1, 0.15) is 0 Å². The van der Waals surface area contributed by atoms with Crippen LogP contribution in [0.15, 0.2) is 88.5 Å². The molecule has 0 aliphatic rings. The van der Waals surface area contributed by atoms with Gasteiger partial charge < -0.3 is 10.1 Å². The molecule has 0 unspecified atom stereocenters. The van der Waals surface area contributed by atoms with E-state index in [0.717, 1.165) is 5.39 Å². The number of H-pyrrole nitrogens is 1. The van der Waals surface area contributed by atoms with Gasteiger partial charge in [-0.1, -0.05) is 30.3 Å². The molecule has 0 saturated carbocycles. The van der Waals surface area contributed by atoms with Crippen LogP contribution in [-0.2, 0) is 0 Å². The van der Waals surface area contributed by atoms with Crippen LogP contribution in [0.2, 0.25) is 0 Å².